The molecule has 1 aromatic carbocycles. The summed E-state index contributed by atoms with van der Waals surface area (Å²) in [7, 11) is -3.34. The second kappa shape index (κ2) is 8.79. The number of ether oxygens (including phenoxy) is 1. The van der Waals surface area contributed by atoms with Crippen LogP contribution in [0.5, 0.6) is 0 Å². The lowest BCUT2D eigenvalue weighted by Gasteiger charge is -2.40. The van der Waals surface area contributed by atoms with E-state index in [2.05, 4.69) is 16.3 Å². The highest BCUT2D eigenvalue weighted by molar-refractivity contribution is 7.92. The number of hydrogen-bond acceptors (Lipinski definition) is 8. The van der Waals surface area contributed by atoms with Gasteiger partial charge in [-0.1, -0.05) is 18.2 Å². The summed E-state index contributed by atoms with van der Waals surface area (Å²) in [6.07, 6.45) is 5.45. The Kier molecular flexibility index (Phi) is 5.86. The van der Waals surface area contributed by atoms with Crippen LogP contribution in [-0.4, -0.2) is 73.8 Å². The Balaban J connectivity index is 1.26. The summed E-state index contributed by atoms with van der Waals surface area (Å²) in [5, 5.41) is 3.55. The highest BCUT2D eigenvalue weighted by atomic mass is 32.2. The number of anilines is 3. The summed E-state index contributed by atoms with van der Waals surface area (Å²) in [4.78, 5) is 12.7. The Labute approximate surface area is 209 Å². The third-order valence-electron chi connectivity index (χ3n) is 7.83. The van der Waals surface area contributed by atoms with Crippen LogP contribution in [-0.2, 0) is 37.8 Å². The van der Waals surface area contributed by atoms with E-state index in [4.69, 9.17) is 14.7 Å². The van der Waals surface area contributed by atoms with Crippen LogP contribution in [0, 0.1) is 0 Å². The van der Waals surface area contributed by atoms with Gasteiger partial charge in [-0.2, -0.15) is 4.98 Å². The van der Waals surface area contributed by atoms with Gasteiger partial charge in [0, 0.05) is 50.7 Å². The van der Waals surface area contributed by atoms with Crippen LogP contribution in [0.2, 0.25) is 0 Å². The average molecular weight is 518 g/mol. The Hall–Kier alpha value is -2.08. The molecule has 11 heteroatoms. The fourth-order valence-electron chi connectivity index (χ4n) is 5.90. The summed E-state index contributed by atoms with van der Waals surface area (Å²) in [6, 6.07) is 8.15. The maximum Gasteiger partial charge on any atom is 0.232 e. The van der Waals surface area contributed by atoms with E-state index in [1.165, 1.54) is 6.26 Å². The third-order valence-corrected chi connectivity index (χ3v) is 10.4. The van der Waals surface area contributed by atoms with Crippen molar-refractivity contribution in [3.05, 3.63) is 35.5 Å². The molecule has 0 aliphatic carbocycles. The summed E-state index contributed by atoms with van der Waals surface area (Å²) < 4.78 is 44.8. The minimum absolute atomic E-state index is 0.197. The van der Waals surface area contributed by atoms with E-state index in [0.29, 0.717) is 30.5 Å². The Morgan fingerprint density at radius 2 is 1.91 bits per heavy atom. The molecule has 2 fully saturated rings. The first-order chi connectivity index (χ1) is 16.8. The largest absolute Gasteiger partial charge is 0.611 e. The number of nitrogens with one attached hydrogen (secondary N) is 1. The van der Waals surface area contributed by atoms with Gasteiger partial charge in [-0.3, -0.25) is 4.31 Å². The standard InChI is InChI=1S/C24H31N5O4S2/c1-35(31,32)29-16-24(18-4-2-3-5-20(18)29)9-11-28(12-10-24)23-26-19-8-15-34(30)21(19)22(27-23)25-17-6-13-33-14-7-17/h2-5,17H,6-16H2,1H3,(H,25,26,27). The molecule has 2 saturated heterocycles. The lowest BCUT2D eigenvalue weighted by molar-refractivity contribution is 0.0903. The molecule has 1 spiro atoms. The van der Waals surface area contributed by atoms with Crippen molar-refractivity contribution < 1.29 is 17.7 Å². The molecular weight excluding hydrogens is 486 g/mol. The maximum absolute atomic E-state index is 12.7. The van der Waals surface area contributed by atoms with Gasteiger partial charge in [0.15, 0.2) is 5.82 Å². The predicted octanol–water partition coefficient (Wildman–Crippen LogP) is 2.05. The summed E-state index contributed by atoms with van der Waals surface area (Å²) in [5.74, 6) is 1.98. The first-order valence-corrected chi connectivity index (χ1v) is 15.5. The number of fused-ring (bicyclic) bond motifs is 3. The normalized spacial score (nSPS) is 24.0. The predicted molar refractivity (Wildman–Crippen MR) is 136 cm³/mol. The molecule has 9 nitrogen and oxygen atoms in total. The molecule has 6 rings (SSSR count). The highest BCUT2D eigenvalue weighted by Crippen LogP contribution is 2.48. The van der Waals surface area contributed by atoms with Crippen molar-refractivity contribution in [3.63, 3.8) is 0 Å². The molecule has 1 unspecified atom stereocenters. The Morgan fingerprint density at radius 3 is 2.66 bits per heavy atom. The minimum atomic E-state index is -3.34. The number of piperidine rings is 1. The second-order valence-corrected chi connectivity index (χ2v) is 13.4. The van der Waals surface area contributed by atoms with Crippen molar-refractivity contribution in [1.29, 1.82) is 0 Å². The number of aryl methyl sites for hydroxylation is 1. The van der Waals surface area contributed by atoms with Gasteiger partial charge in [-0.05, 0) is 48.5 Å². The van der Waals surface area contributed by atoms with Crippen molar-refractivity contribution in [2.45, 2.75) is 48.5 Å². The Morgan fingerprint density at radius 1 is 1.17 bits per heavy atom. The van der Waals surface area contributed by atoms with Crippen LogP contribution in [0.25, 0.3) is 0 Å². The fourth-order valence-corrected chi connectivity index (χ4v) is 8.21. The molecule has 1 atom stereocenters. The van der Waals surface area contributed by atoms with E-state index in [1.807, 2.05) is 18.2 Å². The first kappa shape index (κ1) is 23.3. The number of para-hydroxylation sites is 1. The first-order valence-electron chi connectivity index (χ1n) is 12.3. The van der Waals surface area contributed by atoms with Gasteiger partial charge in [0.2, 0.25) is 20.9 Å². The third kappa shape index (κ3) is 4.16. The van der Waals surface area contributed by atoms with Gasteiger partial charge in [0.1, 0.15) is 11.4 Å². The van der Waals surface area contributed by atoms with E-state index in [9.17, 15) is 13.0 Å². The van der Waals surface area contributed by atoms with Crippen molar-refractivity contribution in [1.82, 2.24) is 9.97 Å². The van der Waals surface area contributed by atoms with E-state index < -0.39 is 21.2 Å². The number of sulfonamides is 1. The van der Waals surface area contributed by atoms with Crippen LogP contribution < -0.4 is 14.5 Å². The number of nitrogens with zero attached hydrogens (tertiary/aromatic N) is 4. The second-order valence-electron chi connectivity index (χ2n) is 10.0. The molecule has 0 radical (unpaired) electrons. The quantitative estimate of drug-likeness (QED) is 0.614. The van der Waals surface area contributed by atoms with Crippen LogP contribution >= 0.6 is 0 Å². The molecule has 35 heavy (non-hydrogen) atoms. The average Bonchev–Trinajstić information content (AvgIpc) is 3.39. The lowest BCUT2D eigenvalue weighted by Crippen LogP contribution is -2.46. The molecule has 5 heterocycles. The zero-order chi connectivity index (χ0) is 24.2. The monoisotopic (exact) mass is 517 g/mol. The fraction of sp³-hybridized carbons (Fsp3) is 0.583. The summed E-state index contributed by atoms with van der Waals surface area (Å²) in [6.45, 7) is 3.41. The molecule has 2 aromatic rings. The van der Waals surface area contributed by atoms with E-state index in [0.717, 1.165) is 73.8 Å². The van der Waals surface area contributed by atoms with Gasteiger partial charge >= 0.3 is 0 Å². The van der Waals surface area contributed by atoms with Crippen molar-refractivity contribution in [3.8, 4) is 0 Å². The molecule has 4 aliphatic rings. The Bertz CT molecular complexity index is 1230. The smallest absolute Gasteiger partial charge is 0.232 e. The van der Waals surface area contributed by atoms with Crippen LogP contribution in [0.3, 0.4) is 0 Å². The van der Waals surface area contributed by atoms with Crippen molar-refractivity contribution >= 4 is 38.7 Å². The summed E-state index contributed by atoms with van der Waals surface area (Å²) >= 11 is -1.07. The molecule has 0 saturated carbocycles. The van der Waals surface area contributed by atoms with Gasteiger partial charge in [-0.25, -0.2) is 13.4 Å². The zero-order valence-corrected chi connectivity index (χ0v) is 21.5. The molecule has 1 N–H and O–H groups in total. The number of aromatic nitrogens is 2. The lowest BCUT2D eigenvalue weighted by atomic mass is 9.74. The molecule has 0 bridgehead atoms. The zero-order valence-electron chi connectivity index (χ0n) is 19.9. The van der Waals surface area contributed by atoms with E-state index >= 15 is 0 Å². The van der Waals surface area contributed by atoms with Gasteiger partial charge in [0.05, 0.1) is 11.9 Å². The number of rotatable bonds is 4. The van der Waals surface area contributed by atoms with Crippen molar-refractivity contribution in [2.75, 3.05) is 59.4 Å². The maximum atomic E-state index is 12.7. The molecule has 188 valence electrons. The van der Waals surface area contributed by atoms with E-state index in [1.54, 1.807) is 4.31 Å². The van der Waals surface area contributed by atoms with Gasteiger partial charge < -0.3 is 19.5 Å². The van der Waals surface area contributed by atoms with Gasteiger partial charge in [0.25, 0.3) is 0 Å². The molecule has 1 aromatic heterocycles. The van der Waals surface area contributed by atoms with E-state index in [-0.39, 0.29) is 11.5 Å². The summed E-state index contributed by atoms with van der Waals surface area (Å²) in [5.41, 5.74) is 2.62. The van der Waals surface area contributed by atoms with Gasteiger partial charge in [-0.15, -0.1) is 0 Å². The number of hydrogen-bond donors (Lipinski definition) is 1. The molecule has 4 aliphatic heterocycles. The van der Waals surface area contributed by atoms with Crippen molar-refractivity contribution in [2.24, 2.45) is 0 Å². The minimum Gasteiger partial charge on any atom is -0.611 e. The highest BCUT2D eigenvalue weighted by Gasteiger charge is 2.47. The number of benzene rings is 1. The van der Waals surface area contributed by atoms with Crippen LogP contribution in [0.15, 0.2) is 29.2 Å². The topological polar surface area (TPSA) is 111 Å². The van der Waals surface area contributed by atoms with Crippen LogP contribution in [0.1, 0.15) is 36.9 Å². The molecule has 0 amide bonds. The molecular formula is C24H31N5O4S2. The van der Waals surface area contributed by atoms with Crippen LogP contribution in [0.4, 0.5) is 17.5 Å². The SMILES string of the molecule is CS(=O)(=O)N1CC2(CCN(c3nc4c(c(NC5CCOCC5)n3)[S+]([O-])CC4)CC2)c2ccccc21.